The molecule has 1 atom stereocenters. The molecule has 0 aliphatic carbocycles. The van der Waals surface area contributed by atoms with E-state index >= 15 is 0 Å². The second-order valence-electron chi connectivity index (χ2n) is 5.47. The Hall–Kier alpha value is -0.860. The summed E-state index contributed by atoms with van der Waals surface area (Å²) in [5.74, 6) is 0.303. The van der Waals surface area contributed by atoms with Crippen LogP contribution in [0.4, 0.5) is 0 Å². The van der Waals surface area contributed by atoms with Gasteiger partial charge in [-0.15, -0.1) is 0 Å². The molecular weight excluding hydrogens is 280 g/mol. The van der Waals surface area contributed by atoms with Gasteiger partial charge in [0.1, 0.15) is 5.84 Å². The van der Waals surface area contributed by atoms with E-state index in [0.29, 0.717) is 25.6 Å². The Morgan fingerprint density at radius 1 is 1.50 bits per heavy atom. The van der Waals surface area contributed by atoms with E-state index in [1.165, 1.54) is 8.61 Å². The number of nitrogens with zero attached hydrogens (tertiary/aromatic N) is 3. The van der Waals surface area contributed by atoms with Gasteiger partial charge in [0.2, 0.25) is 0 Å². The van der Waals surface area contributed by atoms with Crippen molar-refractivity contribution in [3.63, 3.8) is 0 Å². The zero-order chi connectivity index (χ0) is 15.3. The largest absolute Gasteiger partial charge is 0.409 e. The van der Waals surface area contributed by atoms with Gasteiger partial charge < -0.3 is 10.9 Å². The average Bonchev–Trinajstić information content (AvgIpc) is 2.43. The van der Waals surface area contributed by atoms with Crippen LogP contribution in [0, 0.1) is 11.8 Å². The minimum atomic E-state index is -3.46. The van der Waals surface area contributed by atoms with Gasteiger partial charge in [-0.2, -0.15) is 17.0 Å². The zero-order valence-corrected chi connectivity index (χ0v) is 13.3. The minimum absolute atomic E-state index is 0.0471. The van der Waals surface area contributed by atoms with Crippen molar-refractivity contribution in [1.82, 2.24) is 8.61 Å². The van der Waals surface area contributed by atoms with Crippen LogP contribution in [0.5, 0.6) is 0 Å². The highest BCUT2D eigenvalue weighted by molar-refractivity contribution is 7.86. The predicted octanol–water partition coefficient (Wildman–Crippen LogP) is 0.668. The number of rotatable bonds is 6. The molecule has 0 bridgehead atoms. The van der Waals surface area contributed by atoms with E-state index in [1.807, 2.05) is 0 Å². The minimum Gasteiger partial charge on any atom is -0.409 e. The summed E-state index contributed by atoms with van der Waals surface area (Å²) in [7, 11) is -3.46. The van der Waals surface area contributed by atoms with Crippen LogP contribution in [-0.4, -0.2) is 54.3 Å². The second-order valence-corrected chi connectivity index (χ2v) is 7.39. The van der Waals surface area contributed by atoms with Crippen LogP contribution in [0.3, 0.4) is 0 Å². The van der Waals surface area contributed by atoms with Gasteiger partial charge in [-0.3, -0.25) is 0 Å². The van der Waals surface area contributed by atoms with Crippen molar-refractivity contribution >= 4 is 16.0 Å². The van der Waals surface area contributed by atoms with Crippen molar-refractivity contribution in [2.45, 2.75) is 33.6 Å². The van der Waals surface area contributed by atoms with Crippen LogP contribution in [0.25, 0.3) is 0 Å². The third-order valence-electron chi connectivity index (χ3n) is 3.85. The van der Waals surface area contributed by atoms with E-state index in [-0.39, 0.29) is 18.3 Å². The number of hydrogen-bond acceptors (Lipinski definition) is 4. The molecule has 20 heavy (non-hydrogen) atoms. The zero-order valence-electron chi connectivity index (χ0n) is 12.5. The van der Waals surface area contributed by atoms with Gasteiger partial charge in [-0.05, 0) is 18.8 Å². The van der Waals surface area contributed by atoms with Crippen LogP contribution in [0.2, 0.25) is 0 Å². The predicted molar refractivity (Wildman–Crippen MR) is 78.7 cm³/mol. The molecule has 0 aromatic heterocycles. The lowest BCUT2D eigenvalue weighted by atomic mass is 10.0. The Morgan fingerprint density at radius 3 is 2.50 bits per heavy atom. The summed E-state index contributed by atoms with van der Waals surface area (Å²) in [4.78, 5) is 0. The Bertz CT molecular complexity index is 430. The van der Waals surface area contributed by atoms with E-state index in [4.69, 9.17) is 10.9 Å². The molecule has 1 rings (SSSR count). The van der Waals surface area contributed by atoms with Gasteiger partial charge in [0.05, 0.1) is 0 Å². The van der Waals surface area contributed by atoms with Gasteiger partial charge >= 0.3 is 0 Å². The molecule has 0 saturated carbocycles. The van der Waals surface area contributed by atoms with E-state index in [2.05, 4.69) is 12.1 Å². The first-order valence-corrected chi connectivity index (χ1v) is 8.45. The summed E-state index contributed by atoms with van der Waals surface area (Å²) in [5.41, 5.74) is 5.52. The molecule has 1 aliphatic rings. The second kappa shape index (κ2) is 7.24. The van der Waals surface area contributed by atoms with Crippen molar-refractivity contribution in [1.29, 1.82) is 0 Å². The van der Waals surface area contributed by atoms with Crippen LogP contribution in [0.15, 0.2) is 5.16 Å². The van der Waals surface area contributed by atoms with Gasteiger partial charge in [0.25, 0.3) is 10.2 Å². The fraction of sp³-hybridized carbons (Fsp3) is 0.917. The summed E-state index contributed by atoms with van der Waals surface area (Å²) < 4.78 is 28.1. The van der Waals surface area contributed by atoms with E-state index in [9.17, 15) is 8.42 Å². The lowest BCUT2D eigenvalue weighted by Gasteiger charge is -2.34. The molecule has 8 heteroatoms. The summed E-state index contributed by atoms with van der Waals surface area (Å²) in [6.07, 6.45) is 1.79. The molecule has 0 radical (unpaired) electrons. The molecule has 1 fully saturated rings. The fourth-order valence-corrected chi connectivity index (χ4v) is 4.00. The quantitative estimate of drug-likeness (QED) is 0.326. The Kier molecular flexibility index (Phi) is 6.22. The highest BCUT2D eigenvalue weighted by Crippen LogP contribution is 2.21. The summed E-state index contributed by atoms with van der Waals surface area (Å²) >= 11 is 0. The van der Waals surface area contributed by atoms with Crippen molar-refractivity contribution in [3.05, 3.63) is 0 Å². The van der Waals surface area contributed by atoms with Crippen LogP contribution >= 0.6 is 0 Å². The van der Waals surface area contributed by atoms with E-state index < -0.39 is 10.2 Å². The SMILES string of the molecule is CCN(CC(C)C(N)=NO)S(=O)(=O)N1CCC(C)CC1. The first-order chi connectivity index (χ1) is 9.32. The van der Waals surface area contributed by atoms with Gasteiger partial charge in [0, 0.05) is 32.1 Å². The Morgan fingerprint density at radius 2 is 2.05 bits per heavy atom. The van der Waals surface area contributed by atoms with Crippen molar-refractivity contribution in [2.24, 2.45) is 22.7 Å². The summed E-state index contributed by atoms with van der Waals surface area (Å²) in [5, 5.41) is 11.6. The van der Waals surface area contributed by atoms with E-state index in [0.717, 1.165) is 12.8 Å². The van der Waals surface area contributed by atoms with Crippen molar-refractivity contribution in [2.75, 3.05) is 26.2 Å². The normalized spacial score (nSPS) is 21.3. The molecule has 1 unspecified atom stereocenters. The maximum absolute atomic E-state index is 12.6. The number of oxime groups is 1. The Labute approximate surface area is 121 Å². The number of nitrogens with two attached hydrogens (primary N) is 1. The molecule has 118 valence electrons. The van der Waals surface area contributed by atoms with Crippen LogP contribution in [0.1, 0.15) is 33.6 Å². The topological polar surface area (TPSA) is 99.2 Å². The lowest BCUT2D eigenvalue weighted by Crippen LogP contribution is -2.49. The lowest BCUT2D eigenvalue weighted by molar-refractivity contribution is 0.262. The smallest absolute Gasteiger partial charge is 0.281 e. The Balaban J connectivity index is 2.77. The highest BCUT2D eigenvalue weighted by Gasteiger charge is 2.32. The average molecular weight is 306 g/mol. The molecule has 0 aromatic rings. The first kappa shape index (κ1) is 17.2. The molecule has 7 nitrogen and oxygen atoms in total. The first-order valence-electron chi connectivity index (χ1n) is 7.05. The molecular formula is C12H26N4O3S. The monoisotopic (exact) mass is 306 g/mol. The molecule has 3 N–H and O–H groups in total. The third kappa shape index (κ3) is 4.07. The third-order valence-corrected chi connectivity index (χ3v) is 5.92. The standard InChI is InChI=1S/C12H26N4O3S/c1-4-15(9-11(3)12(13)14-17)20(18,19)16-7-5-10(2)6-8-16/h10-11,17H,4-9H2,1-3H3,(H2,13,14). The maximum atomic E-state index is 12.6. The highest BCUT2D eigenvalue weighted by atomic mass is 32.2. The molecule has 0 amide bonds. The molecule has 1 saturated heterocycles. The molecule has 0 aromatic carbocycles. The van der Waals surface area contributed by atoms with Crippen LogP contribution < -0.4 is 5.73 Å². The molecule has 1 aliphatic heterocycles. The van der Waals surface area contributed by atoms with Crippen LogP contribution in [-0.2, 0) is 10.2 Å². The van der Waals surface area contributed by atoms with Crippen molar-refractivity contribution in [3.8, 4) is 0 Å². The number of piperidine rings is 1. The maximum Gasteiger partial charge on any atom is 0.281 e. The summed E-state index contributed by atoms with van der Waals surface area (Å²) in [6.45, 7) is 7.41. The van der Waals surface area contributed by atoms with Gasteiger partial charge in [-0.25, -0.2) is 0 Å². The number of amidine groups is 1. The van der Waals surface area contributed by atoms with E-state index in [1.54, 1.807) is 13.8 Å². The molecule has 1 heterocycles. The molecule has 0 spiro atoms. The van der Waals surface area contributed by atoms with Crippen molar-refractivity contribution < 1.29 is 13.6 Å². The number of hydrogen-bond donors (Lipinski definition) is 2. The van der Waals surface area contributed by atoms with Gasteiger partial charge in [-0.1, -0.05) is 25.9 Å². The summed E-state index contributed by atoms with van der Waals surface area (Å²) in [6, 6.07) is 0. The fourth-order valence-electron chi connectivity index (χ4n) is 2.26. The van der Waals surface area contributed by atoms with Gasteiger partial charge in [0.15, 0.2) is 0 Å².